The van der Waals surface area contributed by atoms with Crippen LogP contribution in [0.3, 0.4) is 0 Å². The molecular weight excluding hydrogens is 366 g/mol. The van der Waals surface area contributed by atoms with Gasteiger partial charge in [0.05, 0.1) is 14.4 Å². The Bertz CT molecular complexity index is 720. The van der Waals surface area contributed by atoms with Gasteiger partial charge < -0.3 is 5.32 Å². The molecule has 0 saturated carbocycles. The monoisotopic (exact) mass is 375 g/mol. The Morgan fingerprint density at radius 1 is 1.30 bits per heavy atom. The van der Waals surface area contributed by atoms with E-state index in [9.17, 15) is 8.42 Å². The maximum atomic E-state index is 11.1. The summed E-state index contributed by atoms with van der Waals surface area (Å²) in [5.74, 6) is 0.657. The lowest BCUT2D eigenvalue weighted by Gasteiger charge is -2.08. The maximum Gasteiger partial charge on any atom is 0.238 e. The van der Waals surface area contributed by atoms with Gasteiger partial charge in [-0.3, -0.25) is 0 Å². The minimum atomic E-state index is -3.65. The van der Waals surface area contributed by atoms with Crippen LogP contribution in [0, 0.1) is 0 Å². The summed E-state index contributed by atoms with van der Waals surface area (Å²) >= 11 is 9.16. The highest BCUT2D eigenvalue weighted by atomic mass is 79.9. The number of hydrogen-bond donors (Lipinski definition) is 2. The summed E-state index contributed by atoms with van der Waals surface area (Å²) in [5, 5.41) is 8.69. The second kappa shape index (κ2) is 6.09. The number of rotatable bonds is 4. The quantitative estimate of drug-likeness (QED) is 0.859. The minimum absolute atomic E-state index is 0.0899. The van der Waals surface area contributed by atoms with E-state index in [1.165, 1.54) is 12.1 Å². The predicted octanol–water partition coefficient (Wildman–Crippen LogP) is 2.76. The standard InChI is InChI=1S/C12H11BrClN3O2S/c13-11-5-9(14)7-17-12(11)16-6-8-1-3-10(4-2-8)20(15,18)19/h1-5,7H,6H2,(H,16,17)(H2,15,18,19). The third kappa shape index (κ3) is 3.92. The number of aromatic nitrogens is 1. The molecule has 1 heterocycles. The molecule has 0 bridgehead atoms. The van der Waals surface area contributed by atoms with Crippen LogP contribution in [0.5, 0.6) is 0 Å². The topological polar surface area (TPSA) is 85.1 Å². The molecule has 1 aromatic heterocycles. The lowest BCUT2D eigenvalue weighted by molar-refractivity contribution is 0.598. The second-order valence-corrected chi connectivity index (χ2v) is 6.88. The third-order valence-electron chi connectivity index (χ3n) is 2.52. The summed E-state index contributed by atoms with van der Waals surface area (Å²) in [4.78, 5) is 4.23. The minimum Gasteiger partial charge on any atom is -0.365 e. The summed E-state index contributed by atoms with van der Waals surface area (Å²) < 4.78 is 23.0. The molecular formula is C12H11BrClN3O2S. The Morgan fingerprint density at radius 2 is 1.95 bits per heavy atom. The Balaban J connectivity index is 2.08. The highest BCUT2D eigenvalue weighted by molar-refractivity contribution is 9.10. The van der Waals surface area contributed by atoms with E-state index >= 15 is 0 Å². The van der Waals surface area contributed by atoms with Gasteiger partial charge in [0.25, 0.3) is 0 Å². The van der Waals surface area contributed by atoms with Gasteiger partial charge in [0.2, 0.25) is 10.0 Å². The van der Waals surface area contributed by atoms with Crippen molar-refractivity contribution in [3.63, 3.8) is 0 Å². The summed E-state index contributed by atoms with van der Waals surface area (Å²) in [6.45, 7) is 0.498. The van der Waals surface area contributed by atoms with Crippen molar-refractivity contribution in [1.29, 1.82) is 0 Å². The molecule has 0 fully saturated rings. The molecule has 0 aliphatic heterocycles. The first kappa shape index (κ1) is 15.2. The SMILES string of the molecule is NS(=O)(=O)c1ccc(CNc2ncc(Cl)cc2Br)cc1. The van der Waals surface area contributed by atoms with Crippen LogP contribution < -0.4 is 10.5 Å². The fourth-order valence-corrected chi connectivity index (χ4v) is 2.82. The number of nitrogens with two attached hydrogens (primary N) is 1. The van der Waals surface area contributed by atoms with Crippen LogP contribution in [0.25, 0.3) is 0 Å². The molecule has 8 heteroatoms. The predicted molar refractivity (Wildman–Crippen MR) is 82.1 cm³/mol. The number of pyridine rings is 1. The smallest absolute Gasteiger partial charge is 0.238 e. The van der Waals surface area contributed by atoms with Gasteiger partial charge in [-0.25, -0.2) is 18.5 Å². The van der Waals surface area contributed by atoms with Crippen molar-refractivity contribution >= 4 is 43.4 Å². The van der Waals surface area contributed by atoms with E-state index in [2.05, 4.69) is 26.2 Å². The fraction of sp³-hybridized carbons (Fsp3) is 0.0833. The normalized spacial score (nSPS) is 11.3. The first-order chi connectivity index (χ1) is 9.36. The average Bonchev–Trinajstić information content (AvgIpc) is 2.37. The Kier molecular flexibility index (Phi) is 4.64. The molecule has 5 nitrogen and oxygen atoms in total. The van der Waals surface area contributed by atoms with Crippen molar-refractivity contribution in [2.24, 2.45) is 5.14 Å². The van der Waals surface area contributed by atoms with Gasteiger partial charge in [0.15, 0.2) is 0 Å². The number of nitrogens with one attached hydrogen (secondary N) is 1. The number of halogens is 2. The number of nitrogens with zero attached hydrogens (tertiary/aromatic N) is 1. The molecule has 0 saturated heterocycles. The Labute approximate surface area is 130 Å². The molecule has 106 valence electrons. The molecule has 0 spiro atoms. The first-order valence-corrected chi connectivity index (χ1v) is 8.24. The summed E-state index contributed by atoms with van der Waals surface area (Å²) in [7, 11) is -3.65. The van der Waals surface area contributed by atoms with Gasteiger partial charge in [-0.15, -0.1) is 0 Å². The summed E-state index contributed by atoms with van der Waals surface area (Å²) in [6, 6.07) is 8.06. The van der Waals surface area contributed by atoms with Crippen molar-refractivity contribution in [3.8, 4) is 0 Å². The summed E-state index contributed by atoms with van der Waals surface area (Å²) in [6.07, 6.45) is 1.54. The molecule has 0 unspecified atom stereocenters. The molecule has 20 heavy (non-hydrogen) atoms. The van der Waals surface area contributed by atoms with Crippen LogP contribution >= 0.6 is 27.5 Å². The van der Waals surface area contributed by atoms with E-state index in [-0.39, 0.29) is 4.90 Å². The number of benzene rings is 1. The van der Waals surface area contributed by atoms with Crippen molar-refractivity contribution < 1.29 is 8.42 Å². The molecule has 0 aliphatic rings. The van der Waals surface area contributed by atoms with Crippen LogP contribution in [0.2, 0.25) is 5.02 Å². The van der Waals surface area contributed by atoms with Gasteiger partial charge in [-0.2, -0.15) is 0 Å². The lowest BCUT2D eigenvalue weighted by Crippen LogP contribution is -2.12. The fourth-order valence-electron chi connectivity index (χ4n) is 1.53. The number of anilines is 1. The number of primary sulfonamides is 1. The van der Waals surface area contributed by atoms with Crippen LogP contribution in [-0.2, 0) is 16.6 Å². The Hall–Kier alpha value is -1.15. The highest BCUT2D eigenvalue weighted by Crippen LogP contribution is 2.23. The zero-order valence-electron chi connectivity index (χ0n) is 10.2. The van der Waals surface area contributed by atoms with E-state index < -0.39 is 10.0 Å². The van der Waals surface area contributed by atoms with Crippen LogP contribution in [-0.4, -0.2) is 13.4 Å². The average molecular weight is 377 g/mol. The van der Waals surface area contributed by atoms with E-state index in [1.54, 1.807) is 24.4 Å². The van der Waals surface area contributed by atoms with Crippen molar-refractivity contribution in [1.82, 2.24) is 4.98 Å². The van der Waals surface area contributed by atoms with Gasteiger partial charge in [-0.05, 0) is 39.7 Å². The third-order valence-corrected chi connectivity index (χ3v) is 4.26. The number of sulfonamides is 1. The molecule has 3 N–H and O–H groups in total. The van der Waals surface area contributed by atoms with Crippen molar-refractivity contribution in [2.45, 2.75) is 11.4 Å². The first-order valence-electron chi connectivity index (χ1n) is 5.53. The van der Waals surface area contributed by atoms with Crippen molar-refractivity contribution in [3.05, 3.63) is 51.6 Å². The van der Waals surface area contributed by atoms with Crippen molar-refractivity contribution in [2.75, 3.05) is 5.32 Å². The molecule has 2 aromatic rings. The summed E-state index contributed by atoms with van der Waals surface area (Å²) in [5.41, 5.74) is 0.904. The van der Waals surface area contributed by atoms with Crippen LogP contribution in [0.4, 0.5) is 5.82 Å². The zero-order chi connectivity index (χ0) is 14.8. The van der Waals surface area contributed by atoms with Gasteiger partial charge >= 0.3 is 0 Å². The second-order valence-electron chi connectivity index (χ2n) is 4.03. The molecule has 0 atom stereocenters. The molecule has 0 aliphatic carbocycles. The van der Waals surface area contributed by atoms with E-state index in [0.717, 1.165) is 10.0 Å². The van der Waals surface area contributed by atoms with Gasteiger partial charge in [0, 0.05) is 12.7 Å². The molecule has 2 rings (SSSR count). The van der Waals surface area contributed by atoms with E-state index in [1.807, 2.05) is 0 Å². The van der Waals surface area contributed by atoms with Crippen LogP contribution in [0.15, 0.2) is 45.9 Å². The van der Waals surface area contributed by atoms with E-state index in [0.29, 0.717) is 17.4 Å². The molecule has 1 aromatic carbocycles. The molecule has 0 radical (unpaired) electrons. The van der Waals surface area contributed by atoms with Gasteiger partial charge in [-0.1, -0.05) is 23.7 Å². The lowest BCUT2D eigenvalue weighted by atomic mass is 10.2. The van der Waals surface area contributed by atoms with E-state index in [4.69, 9.17) is 16.7 Å². The largest absolute Gasteiger partial charge is 0.365 e. The Morgan fingerprint density at radius 3 is 2.50 bits per heavy atom. The van der Waals surface area contributed by atoms with Crippen LogP contribution in [0.1, 0.15) is 5.56 Å². The van der Waals surface area contributed by atoms with Gasteiger partial charge in [0.1, 0.15) is 5.82 Å². The highest BCUT2D eigenvalue weighted by Gasteiger charge is 2.07. The zero-order valence-corrected chi connectivity index (χ0v) is 13.3. The molecule has 0 amide bonds. The maximum absolute atomic E-state index is 11.1. The number of hydrogen-bond acceptors (Lipinski definition) is 4.